The summed E-state index contributed by atoms with van der Waals surface area (Å²) in [6.07, 6.45) is 1.89. The Labute approximate surface area is 130 Å². The number of benzene rings is 1. The highest BCUT2D eigenvalue weighted by atomic mass is 16.6. The summed E-state index contributed by atoms with van der Waals surface area (Å²) >= 11 is 0. The highest BCUT2D eigenvalue weighted by Gasteiger charge is 2.24. The molecule has 1 heterocycles. The van der Waals surface area contributed by atoms with E-state index in [0.29, 0.717) is 30.8 Å². The first-order valence-corrected chi connectivity index (χ1v) is 7.29. The molecule has 0 unspecified atom stereocenters. The summed E-state index contributed by atoms with van der Waals surface area (Å²) in [4.78, 5) is 25.5. The topological polar surface area (TPSA) is 55.8 Å². The largest absolute Gasteiger partial charge is 0.444 e. The Morgan fingerprint density at radius 3 is 2.36 bits per heavy atom. The van der Waals surface area contributed by atoms with Gasteiger partial charge in [0.1, 0.15) is 11.4 Å². The summed E-state index contributed by atoms with van der Waals surface area (Å²) in [5.74, 6) is 0.214. The molecular weight excluding hydrogens is 282 g/mol. The molecule has 5 heteroatoms. The Balaban J connectivity index is 1.89. The van der Waals surface area contributed by atoms with Crippen molar-refractivity contribution in [1.82, 2.24) is 4.90 Å². The maximum absolute atomic E-state index is 11.9. The fourth-order valence-corrected chi connectivity index (χ4v) is 1.99. The Morgan fingerprint density at radius 2 is 1.82 bits per heavy atom. The molecular formula is C17H21NO4. The third kappa shape index (κ3) is 4.62. The van der Waals surface area contributed by atoms with Crippen LogP contribution < -0.4 is 0 Å². The molecule has 1 aromatic carbocycles. The number of rotatable bonds is 2. The zero-order valence-corrected chi connectivity index (χ0v) is 13.2. The van der Waals surface area contributed by atoms with E-state index in [1.54, 1.807) is 35.2 Å². The average molecular weight is 303 g/mol. The molecule has 1 aliphatic heterocycles. The summed E-state index contributed by atoms with van der Waals surface area (Å²) in [7, 11) is 0. The molecule has 2 rings (SSSR count). The lowest BCUT2D eigenvalue weighted by Crippen LogP contribution is -2.39. The number of ether oxygens (including phenoxy) is 2. The van der Waals surface area contributed by atoms with Crippen molar-refractivity contribution in [2.24, 2.45) is 0 Å². The molecule has 0 spiro atoms. The van der Waals surface area contributed by atoms with Crippen LogP contribution in [0.2, 0.25) is 0 Å². The molecule has 0 bridgehead atoms. The van der Waals surface area contributed by atoms with Crippen LogP contribution in [0.4, 0.5) is 4.79 Å². The first kappa shape index (κ1) is 16.1. The Hall–Kier alpha value is -2.30. The van der Waals surface area contributed by atoms with E-state index in [9.17, 15) is 9.59 Å². The van der Waals surface area contributed by atoms with Gasteiger partial charge in [-0.05, 0) is 39.0 Å². The van der Waals surface area contributed by atoms with Crippen LogP contribution in [0.5, 0.6) is 0 Å². The molecule has 1 aliphatic rings. The predicted octanol–water partition coefficient (Wildman–Crippen LogP) is 3.37. The number of hydrogen-bond donors (Lipinski definition) is 0. The van der Waals surface area contributed by atoms with Crippen molar-refractivity contribution in [3.8, 4) is 0 Å². The second kappa shape index (κ2) is 6.64. The molecule has 0 saturated heterocycles. The van der Waals surface area contributed by atoms with Gasteiger partial charge in [-0.15, -0.1) is 0 Å². The maximum Gasteiger partial charge on any atom is 0.410 e. The van der Waals surface area contributed by atoms with Crippen molar-refractivity contribution in [1.29, 1.82) is 0 Å². The molecule has 0 saturated carbocycles. The third-order valence-electron chi connectivity index (χ3n) is 3.05. The molecule has 5 nitrogen and oxygen atoms in total. The van der Waals surface area contributed by atoms with Gasteiger partial charge in [-0.2, -0.15) is 0 Å². The van der Waals surface area contributed by atoms with Gasteiger partial charge in [-0.25, -0.2) is 9.59 Å². The molecule has 0 fully saturated rings. The van der Waals surface area contributed by atoms with Crippen molar-refractivity contribution in [3.05, 3.63) is 47.7 Å². The van der Waals surface area contributed by atoms with Gasteiger partial charge < -0.3 is 14.4 Å². The van der Waals surface area contributed by atoms with Crippen molar-refractivity contribution in [2.45, 2.75) is 32.8 Å². The minimum atomic E-state index is -0.513. The van der Waals surface area contributed by atoms with Gasteiger partial charge in [-0.1, -0.05) is 18.2 Å². The predicted molar refractivity (Wildman–Crippen MR) is 82.4 cm³/mol. The average Bonchev–Trinajstić information content (AvgIpc) is 2.47. The van der Waals surface area contributed by atoms with E-state index < -0.39 is 5.60 Å². The molecule has 0 radical (unpaired) electrons. The fourth-order valence-electron chi connectivity index (χ4n) is 1.99. The maximum atomic E-state index is 11.9. The van der Waals surface area contributed by atoms with Gasteiger partial charge in [0.2, 0.25) is 0 Å². The van der Waals surface area contributed by atoms with Crippen molar-refractivity contribution < 1.29 is 19.1 Å². The molecule has 0 atom stereocenters. The SMILES string of the molecule is CC(C)(C)OC(=O)N1CC=C(OC(=O)c2ccccc2)CC1. The summed E-state index contributed by atoms with van der Waals surface area (Å²) in [5, 5.41) is 0. The van der Waals surface area contributed by atoms with E-state index in [0.717, 1.165) is 0 Å². The van der Waals surface area contributed by atoms with E-state index >= 15 is 0 Å². The van der Waals surface area contributed by atoms with E-state index in [4.69, 9.17) is 9.47 Å². The molecule has 1 amide bonds. The van der Waals surface area contributed by atoms with Crippen LogP contribution in [0.3, 0.4) is 0 Å². The Bertz CT molecular complexity index is 572. The Kier molecular flexibility index (Phi) is 4.85. The quantitative estimate of drug-likeness (QED) is 0.786. The number of carbonyl (C=O) groups excluding carboxylic acids is 2. The lowest BCUT2D eigenvalue weighted by Gasteiger charge is -2.29. The standard InChI is InChI=1S/C17H21NO4/c1-17(2,3)22-16(20)18-11-9-14(10-12-18)21-15(19)13-7-5-4-6-8-13/h4-9H,10-12H2,1-3H3. The van der Waals surface area contributed by atoms with E-state index in [-0.39, 0.29) is 12.1 Å². The van der Waals surface area contributed by atoms with Crippen LogP contribution >= 0.6 is 0 Å². The molecule has 0 aromatic heterocycles. The van der Waals surface area contributed by atoms with Crippen molar-refractivity contribution in [3.63, 3.8) is 0 Å². The monoisotopic (exact) mass is 303 g/mol. The number of nitrogens with zero attached hydrogens (tertiary/aromatic N) is 1. The van der Waals surface area contributed by atoms with Crippen LogP contribution in [0.15, 0.2) is 42.2 Å². The number of amides is 1. The smallest absolute Gasteiger partial charge is 0.410 e. The van der Waals surface area contributed by atoms with Crippen LogP contribution in [0.25, 0.3) is 0 Å². The van der Waals surface area contributed by atoms with Gasteiger partial charge >= 0.3 is 12.1 Å². The molecule has 22 heavy (non-hydrogen) atoms. The zero-order valence-electron chi connectivity index (χ0n) is 13.2. The number of carbonyl (C=O) groups is 2. The van der Waals surface area contributed by atoms with Crippen LogP contribution in [-0.4, -0.2) is 35.7 Å². The first-order valence-electron chi connectivity index (χ1n) is 7.29. The van der Waals surface area contributed by atoms with Gasteiger partial charge in [0, 0.05) is 19.5 Å². The minimum absolute atomic E-state index is 0.350. The second-order valence-corrected chi connectivity index (χ2v) is 6.10. The fraction of sp³-hybridized carbons (Fsp3) is 0.412. The highest BCUT2D eigenvalue weighted by Crippen LogP contribution is 2.17. The normalized spacial score (nSPS) is 15.0. The minimum Gasteiger partial charge on any atom is -0.444 e. The summed E-state index contributed by atoms with van der Waals surface area (Å²) < 4.78 is 10.7. The van der Waals surface area contributed by atoms with Crippen LogP contribution in [0, 0.1) is 0 Å². The number of esters is 1. The molecule has 1 aromatic rings. The van der Waals surface area contributed by atoms with Gasteiger partial charge in [0.15, 0.2) is 0 Å². The van der Waals surface area contributed by atoms with E-state index in [1.807, 2.05) is 26.8 Å². The lowest BCUT2D eigenvalue weighted by molar-refractivity contribution is 0.0250. The van der Waals surface area contributed by atoms with E-state index in [2.05, 4.69) is 0 Å². The van der Waals surface area contributed by atoms with Crippen molar-refractivity contribution >= 4 is 12.1 Å². The second-order valence-electron chi connectivity index (χ2n) is 6.10. The summed E-state index contributed by atoms with van der Waals surface area (Å²) in [6.45, 7) is 6.35. The molecule has 0 N–H and O–H groups in total. The van der Waals surface area contributed by atoms with Crippen LogP contribution in [-0.2, 0) is 9.47 Å². The third-order valence-corrected chi connectivity index (χ3v) is 3.05. The Morgan fingerprint density at radius 1 is 1.14 bits per heavy atom. The lowest BCUT2D eigenvalue weighted by atomic mass is 10.2. The van der Waals surface area contributed by atoms with Gasteiger partial charge in [0.25, 0.3) is 0 Å². The molecule has 118 valence electrons. The number of hydrogen-bond acceptors (Lipinski definition) is 4. The summed E-state index contributed by atoms with van der Waals surface area (Å²) in [6, 6.07) is 8.83. The van der Waals surface area contributed by atoms with E-state index in [1.165, 1.54) is 0 Å². The molecule has 0 aliphatic carbocycles. The van der Waals surface area contributed by atoms with Gasteiger partial charge in [-0.3, -0.25) is 0 Å². The first-order chi connectivity index (χ1) is 10.3. The highest BCUT2D eigenvalue weighted by molar-refractivity contribution is 5.90. The van der Waals surface area contributed by atoms with Crippen molar-refractivity contribution in [2.75, 3.05) is 13.1 Å². The van der Waals surface area contributed by atoms with Crippen LogP contribution in [0.1, 0.15) is 37.6 Å². The van der Waals surface area contributed by atoms with Gasteiger partial charge in [0.05, 0.1) is 5.56 Å². The zero-order chi connectivity index (χ0) is 16.2. The summed E-state index contributed by atoms with van der Waals surface area (Å²) in [5.41, 5.74) is -0.00103.